The lowest BCUT2D eigenvalue weighted by Gasteiger charge is -2.12. The molecule has 1 aliphatic rings. The molecule has 0 saturated carbocycles. The fourth-order valence-corrected chi connectivity index (χ4v) is 3.00. The van der Waals surface area contributed by atoms with Gasteiger partial charge in [-0.25, -0.2) is 4.39 Å². The van der Waals surface area contributed by atoms with E-state index >= 15 is 0 Å². The smallest absolute Gasteiger partial charge is 0.292 e. The van der Waals surface area contributed by atoms with Crippen molar-refractivity contribution < 1.29 is 9.31 Å². The van der Waals surface area contributed by atoms with E-state index in [0.717, 1.165) is 22.3 Å². The summed E-state index contributed by atoms with van der Waals surface area (Å²) in [6, 6.07) is 7.83. The molecule has 0 spiro atoms. The highest BCUT2D eigenvalue weighted by atomic mass is 79.9. The maximum atomic E-state index is 13.8. The maximum Gasteiger partial charge on any atom is 0.292 e. The summed E-state index contributed by atoms with van der Waals surface area (Å²) in [6.07, 6.45) is 0.709. The number of nitrogens with zero attached hydrogens (tertiary/aromatic N) is 1. The molecule has 2 aromatic carbocycles. The molecule has 1 aliphatic heterocycles. The minimum Gasteiger partial charge on any atom is -0.384 e. The average Bonchev–Trinajstić information content (AvgIpc) is 2.96. The van der Waals surface area contributed by atoms with Crippen LogP contribution in [0.5, 0.6) is 0 Å². The number of nitro groups is 1. The molecule has 5 nitrogen and oxygen atoms in total. The van der Waals surface area contributed by atoms with Crippen LogP contribution in [0.2, 0.25) is 0 Å². The topological polar surface area (TPSA) is 67.2 Å². The first-order valence-electron chi connectivity index (χ1n) is 6.78. The van der Waals surface area contributed by atoms with Gasteiger partial charge >= 0.3 is 0 Å². The van der Waals surface area contributed by atoms with E-state index in [0.29, 0.717) is 17.7 Å². The third-order valence-electron chi connectivity index (χ3n) is 3.64. The van der Waals surface area contributed by atoms with E-state index in [1.807, 2.05) is 0 Å². The van der Waals surface area contributed by atoms with Crippen LogP contribution >= 0.6 is 15.9 Å². The molecule has 3 rings (SSSR count). The second-order valence-corrected chi connectivity index (χ2v) is 5.92. The third kappa shape index (κ3) is 2.76. The van der Waals surface area contributed by atoms with E-state index in [1.165, 1.54) is 12.1 Å². The zero-order valence-electron chi connectivity index (χ0n) is 11.5. The van der Waals surface area contributed by atoms with Gasteiger partial charge in [-0.3, -0.25) is 10.1 Å². The number of fused-ring (bicyclic) bond motifs is 1. The van der Waals surface area contributed by atoms with Gasteiger partial charge in [0.1, 0.15) is 11.5 Å². The average molecular weight is 366 g/mol. The van der Waals surface area contributed by atoms with Crippen molar-refractivity contribution in [1.29, 1.82) is 0 Å². The zero-order valence-corrected chi connectivity index (χ0v) is 13.1. The van der Waals surface area contributed by atoms with Crippen LogP contribution in [-0.4, -0.2) is 11.5 Å². The number of rotatable bonds is 4. The summed E-state index contributed by atoms with van der Waals surface area (Å²) in [7, 11) is 0. The van der Waals surface area contributed by atoms with Crippen LogP contribution in [-0.2, 0) is 13.0 Å². The second-order valence-electron chi connectivity index (χ2n) is 5.01. The number of halogens is 2. The molecule has 0 bridgehead atoms. The number of nitro benzene ring substituents is 1. The van der Waals surface area contributed by atoms with Gasteiger partial charge in [-0.1, -0.05) is 15.9 Å². The Morgan fingerprint density at radius 1 is 1.36 bits per heavy atom. The summed E-state index contributed by atoms with van der Waals surface area (Å²) in [5, 5.41) is 17.4. The number of nitrogens with one attached hydrogen (secondary N) is 2. The fourth-order valence-electron chi connectivity index (χ4n) is 2.59. The van der Waals surface area contributed by atoms with Crippen molar-refractivity contribution in [3.63, 3.8) is 0 Å². The Hall–Kier alpha value is -2.15. The molecule has 0 aromatic heterocycles. The monoisotopic (exact) mass is 365 g/mol. The van der Waals surface area contributed by atoms with Crippen LogP contribution in [0.4, 0.5) is 21.5 Å². The first-order valence-corrected chi connectivity index (χ1v) is 7.57. The first kappa shape index (κ1) is 14.8. The largest absolute Gasteiger partial charge is 0.384 e. The summed E-state index contributed by atoms with van der Waals surface area (Å²) in [6.45, 7) is 0.930. The fraction of sp³-hybridized carbons (Fsp3) is 0.200. The molecule has 0 amide bonds. The Balaban J connectivity index is 1.93. The molecule has 7 heteroatoms. The van der Waals surface area contributed by atoms with Crippen LogP contribution in [0.25, 0.3) is 0 Å². The standard InChI is InChI=1S/C15H13BrFN3O2/c16-10-1-2-12(17)9(7-10)8-19-15-11-5-6-18-13(11)3-4-14(15)20(21)22/h1-4,7,18-19H,5-6,8H2. The van der Waals surface area contributed by atoms with Crippen LogP contribution in [0.15, 0.2) is 34.8 Å². The van der Waals surface area contributed by atoms with Crippen molar-refractivity contribution in [2.45, 2.75) is 13.0 Å². The van der Waals surface area contributed by atoms with E-state index in [4.69, 9.17) is 0 Å². The van der Waals surface area contributed by atoms with Gasteiger partial charge in [0.2, 0.25) is 0 Å². The number of anilines is 2. The SMILES string of the molecule is O=[N+]([O-])c1ccc2c(c1NCc1cc(Br)ccc1F)CCN2. The van der Waals surface area contributed by atoms with Gasteiger partial charge in [0.25, 0.3) is 5.69 Å². The van der Waals surface area contributed by atoms with Gasteiger partial charge in [0.05, 0.1) is 4.92 Å². The van der Waals surface area contributed by atoms with Crippen LogP contribution < -0.4 is 10.6 Å². The number of hydrogen-bond acceptors (Lipinski definition) is 4. The van der Waals surface area contributed by atoms with E-state index in [2.05, 4.69) is 26.6 Å². The van der Waals surface area contributed by atoms with Crippen molar-refractivity contribution in [3.05, 3.63) is 61.9 Å². The lowest BCUT2D eigenvalue weighted by Crippen LogP contribution is -2.06. The lowest BCUT2D eigenvalue weighted by atomic mass is 10.1. The van der Waals surface area contributed by atoms with Crippen molar-refractivity contribution in [2.75, 3.05) is 17.2 Å². The predicted molar refractivity (Wildman–Crippen MR) is 86.7 cm³/mol. The molecular formula is C15H13BrFN3O2. The van der Waals surface area contributed by atoms with E-state index in [1.54, 1.807) is 18.2 Å². The molecule has 0 fully saturated rings. The van der Waals surface area contributed by atoms with E-state index in [9.17, 15) is 14.5 Å². The molecule has 0 radical (unpaired) electrons. The Kier molecular flexibility index (Phi) is 3.98. The zero-order chi connectivity index (χ0) is 15.7. The van der Waals surface area contributed by atoms with Crippen molar-refractivity contribution in [2.24, 2.45) is 0 Å². The highest BCUT2D eigenvalue weighted by Crippen LogP contribution is 2.37. The molecule has 0 atom stereocenters. The van der Waals surface area contributed by atoms with Crippen molar-refractivity contribution in [1.82, 2.24) is 0 Å². The molecule has 0 unspecified atom stereocenters. The molecule has 0 saturated heterocycles. The van der Waals surface area contributed by atoms with Crippen LogP contribution in [0.1, 0.15) is 11.1 Å². The lowest BCUT2D eigenvalue weighted by molar-refractivity contribution is -0.384. The van der Waals surface area contributed by atoms with Crippen molar-refractivity contribution >= 4 is 33.0 Å². The summed E-state index contributed by atoms with van der Waals surface area (Å²) in [5.41, 5.74) is 2.70. The minimum absolute atomic E-state index is 0.0119. The highest BCUT2D eigenvalue weighted by Gasteiger charge is 2.23. The maximum absolute atomic E-state index is 13.8. The Morgan fingerprint density at radius 3 is 2.95 bits per heavy atom. The number of benzene rings is 2. The Morgan fingerprint density at radius 2 is 2.18 bits per heavy atom. The normalized spacial score (nSPS) is 12.6. The molecule has 2 aromatic rings. The van der Waals surface area contributed by atoms with Gasteiger partial charge in [-0.2, -0.15) is 0 Å². The quantitative estimate of drug-likeness (QED) is 0.632. The molecule has 114 valence electrons. The minimum atomic E-state index is -0.418. The number of hydrogen-bond donors (Lipinski definition) is 2. The summed E-state index contributed by atoms with van der Waals surface area (Å²) >= 11 is 3.30. The van der Waals surface area contributed by atoms with Crippen molar-refractivity contribution in [3.8, 4) is 0 Å². The summed E-state index contributed by atoms with van der Waals surface area (Å²) < 4.78 is 14.6. The van der Waals surface area contributed by atoms with Gasteiger partial charge in [-0.15, -0.1) is 0 Å². The van der Waals surface area contributed by atoms with Gasteiger partial charge < -0.3 is 10.6 Å². The third-order valence-corrected chi connectivity index (χ3v) is 4.13. The predicted octanol–water partition coefficient (Wildman–Crippen LogP) is 4.08. The molecule has 1 heterocycles. The summed E-state index contributed by atoms with van der Waals surface area (Å²) in [4.78, 5) is 10.8. The Bertz CT molecular complexity index is 752. The van der Waals surface area contributed by atoms with E-state index in [-0.39, 0.29) is 18.0 Å². The molecule has 0 aliphatic carbocycles. The van der Waals surface area contributed by atoms with E-state index < -0.39 is 4.92 Å². The second kappa shape index (κ2) is 5.92. The summed E-state index contributed by atoms with van der Waals surface area (Å²) in [5.74, 6) is -0.343. The molecule has 2 N–H and O–H groups in total. The van der Waals surface area contributed by atoms with Gasteiger partial charge in [0.15, 0.2) is 0 Å². The van der Waals surface area contributed by atoms with Crippen LogP contribution in [0, 0.1) is 15.9 Å². The Labute approximate surface area is 134 Å². The highest BCUT2D eigenvalue weighted by molar-refractivity contribution is 9.10. The molecular weight excluding hydrogens is 353 g/mol. The van der Waals surface area contributed by atoms with Crippen LogP contribution in [0.3, 0.4) is 0 Å². The van der Waals surface area contributed by atoms with Gasteiger partial charge in [0, 0.05) is 40.4 Å². The van der Waals surface area contributed by atoms with Gasteiger partial charge in [-0.05, 0) is 30.7 Å². The molecule has 22 heavy (non-hydrogen) atoms. The first-order chi connectivity index (χ1) is 10.6.